The van der Waals surface area contributed by atoms with Gasteiger partial charge >= 0.3 is 5.97 Å². The highest BCUT2D eigenvalue weighted by atomic mass is 32.1. The van der Waals surface area contributed by atoms with E-state index >= 15 is 0 Å². The first kappa shape index (κ1) is 32.6. The van der Waals surface area contributed by atoms with Crippen LogP contribution in [0.1, 0.15) is 94.2 Å². The van der Waals surface area contributed by atoms with Crippen LogP contribution < -0.4 is 5.43 Å². The number of carboxylic acids is 1. The molecule has 1 fully saturated rings. The van der Waals surface area contributed by atoms with Crippen LogP contribution in [0.3, 0.4) is 0 Å². The molecule has 0 radical (unpaired) electrons. The Labute approximate surface area is 235 Å². The van der Waals surface area contributed by atoms with Crippen molar-refractivity contribution in [1.29, 1.82) is 0 Å². The number of terminal acetylenes is 1. The highest BCUT2D eigenvalue weighted by molar-refractivity contribution is 7.09. The van der Waals surface area contributed by atoms with Crippen molar-refractivity contribution < 1.29 is 29.5 Å². The van der Waals surface area contributed by atoms with Gasteiger partial charge in [-0.1, -0.05) is 34.1 Å². The lowest BCUT2D eigenvalue weighted by molar-refractivity contribution is -0.667. The molecule has 5 atom stereocenters. The van der Waals surface area contributed by atoms with Crippen LogP contribution in [0.15, 0.2) is 5.38 Å². The molecule has 0 spiro atoms. The van der Waals surface area contributed by atoms with Crippen molar-refractivity contribution in [2.24, 2.45) is 11.8 Å². The van der Waals surface area contributed by atoms with Crippen LogP contribution in [0.4, 0.5) is 0 Å². The topological polar surface area (TPSA) is 135 Å². The number of aromatic carboxylic acids is 1. The lowest BCUT2D eigenvalue weighted by Gasteiger charge is -2.37. The summed E-state index contributed by atoms with van der Waals surface area (Å²) in [7, 11) is 1.90. The van der Waals surface area contributed by atoms with Crippen molar-refractivity contribution in [3.63, 3.8) is 0 Å². The number of carbonyl (C=O) groups is 2. The number of nitrogens with zero attached hydrogens (tertiary/aromatic N) is 4. The van der Waals surface area contributed by atoms with Gasteiger partial charge in [0.2, 0.25) is 0 Å². The minimum Gasteiger partial charge on any atom is -0.476 e. The second-order valence-corrected chi connectivity index (χ2v) is 11.4. The summed E-state index contributed by atoms with van der Waals surface area (Å²) in [5, 5.41) is 23.1. The fourth-order valence-corrected chi connectivity index (χ4v) is 5.33. The molecule has 0 bridgehead atoms. The van der Waals surface area contributed by atoms with E-state index in [1.807, 2.05) is 39.6 Å². The van der Waals surface area contributed by atoms with Crippen LogP contribution in [0.5, 0.6) is 0 Å². The molecule has 0 saturated carbocycles. The van der Waals surface area contributed by atoms with Gasteiger partial charge in [0.15, 0.2) is 11.7 Å². The summed E-state index contributed by atoms with van der Waals surface area (Å²) in [5.74, 6) is 0.661. The zero-order valence-electron chi connectivity index (χ0n) is 23.7. The molecule has 39 heavy (non-hydrogen) atoms. The minimum absolute atomic E-state index is 0.0742. The van der Waals surface area contributed by atoms with Crippen molar-refractivity contribution in [1.82, 2.24) is 20.4 Å². The van der Waals surface area contributed by atoms with Gasteiger partial charge in [0.1, 0.15) is 16.0 Å². The van der Waals surface area contributed by atoms with E-state index in [0.29, 0.717) is 25.7 Å². The van der Waals surface area contributed by atoms with E-state index in [1.54, 1.807) is 0 Å². The predicted molar refractivity (Wildman–Crippen MR) is 148 cm³/mol. The maximum atomic E-state index is 14.1. The number of carbonyl (C=O) groups excluding carboxylic acids is 1. The van der Waals surface area contributed by atoms with Gasteiger partial charge in [-0.2, -0.15) is 0 Å². The van der Waals surface area contributed by atoms with Crippen LogP contribution in [0.25, 0.3) is 0 Å². The van der Waals surface area contributed by atoms with E-state index in [2.05, 4.69) is 16.3 Å². The number of likely N-dealkylation sites (tertiary alicyclic amines) is 1. The van der Waals surface area contributed by atoms with Crippen LogP contribution in [-0.4, -0.2) is 80.4 Å². The first-order chi connectivity index (χ1) is 18.5. The van der Waals surface area contributed by atoms with Gasteiger partial charge in [-0.05, 0) is 38.1 Å². The van der Waals surface area contributed by atoms with E-state index in [9.17, 15) is 24.7 Å². The Bertz CT molecular complexity index is 996. The normalized spacial score (nSPS) is 19.1. The Morgan fingerprint density at radius 3 is 2.67 bits per heavy atom. The van der Waals surface area contributed by atoms with E-state index in [0.717, 1.165) is 35.6 Å². The summed E-state index contributed by atoms with van der Waals surface area (Å²) in [6, 6.07) is -1.44. The summed E-state index contributed by atoms with van der Waals surface area (Å²) in [4.78, 5) is 51.4. The molecule has 1 amide bonds. The maximum Gasteiger partial charge on any atom is 0.355 e. The van der Waals surface area contributed by atoms with Crippen LogP contribution in [0, 0.1) is 29.1 Å². The number of hydrazine groups is 1. The highest BCUT2D eigenvalue weighted by Gasteiger charge is 2.42. The van der Waals surface area contributed by atoms with Gasteiger partial charge in [0.05, 0.1) is 17.6 Å². The average molecular weight is 567 g/mol. The quantitative estimate of drug-likeness (QED) is 0.119. The lowest BCUT2D eigenvalue weighted by Crippen LogP contribution is -2.59. The second kappa shape index (κ2) is 15.9. The standard InChI is InChI=1S/C27H43N5O6S/c1-7-9-12-15-38-31(21(18(3)4)16-22(33)25-28-20(17-39-25)27(35)36)26(34)24(19(5)8-2)29-32(37)23-13-10-11-14-30(23)6/h1,17-19,21-24,33H,8-16H2,2-6H3,(H-,29,35,36,37)/p+1/t19-,21+,22+,23-,24-/m0/s1. The molecule has 2 rings (SSSR count). The summed E-state index contributed by atoms with van der Waals surface area (Å²) in [6.07, 6.45) is 8.30. The molecule has 0 aromatic carbocycles. The average Bonchev–Trinajstić information content (AvgIpc) is 3.41. The molecule has 2 heterocycles. The van der Waals surface area contributed by atoms with Crippen LogP contribution >= 0.6 is 11.3 Å². The minimum atomic E-state index is -1.17. The number of rotatable bonds is 16. The molecular weight excluding hydrogens is 522 g/mol. The number of carboxylic acid groups (broad SMARTS) is 1. The summed E-state index contributed by atoms with van der Waals surface area (Å²) in [5.41, 5.74) is 2.80. The number of aliphatic hydroxyl groups excluding tert-OH is 1. The molecule has 1 saturated heterocycles. The van der Waals surface area contributed by atoms with Crippen molar-refractivity contribution in [2.75, 3.05) is 20.2 Å². The number of amides is 1. The molecule has 218 valence electrons. The third-order valence-electron chi connectivity index (χ3n) is 7.22. The maximum absolute atomic E-state index is 14.1. The van der Waals surface area contributed by atoms with E-state index in [-0.39, 0.29) is 41.7 Å². The zero-order chi connectivity index (χ0) is 29.1. The Hall–Kier alpha value is -2.59. The summed E-state index contributed by atoms with van der Waals surface area (Å²) in [6.45, 7) is 8.69. The van der Waals surface area contributed by atoms with Gasteiger partial charge < -0.3 is 10.2 Å². The largest absolute Gasteiger partial charge is 0.476 e. The Kier molecular flexibility index (Phi) is 13.3. The fraction of sp³-hybridized carbons (Fsp3) is 0.741. The van der Waals surface area contributed by atoms with Crippen molar-refractivity contribution in [3.8, 4) is 12.3 Å². The number of nitrogens with one attached hydrogen (secondary N) is 1. The molecule has 0 unspecified atom stereocenters. The fourth-order valence-electron chi connectivity index (χ4n) is 4.54. The summed E-state index contributed by atoms with van der Waals surface area (Å²) >= 11 is 1.05. The van der Waals surface area contributed by atoms with Crippen LogP contribution in [0.2, 0.25) is 0 Å². The van der Waals surface area contributed by atoms with Crippen molar-refractivity contribution in [3.05, 3.63) is 21.0 Å². The number of hydroxylamine groups is 2. The van der Waals surface area contributed by atoms with Gasteiger partial charge in [-0.15, -0.1) is 29.1 Å². The molecule has 1 aliphatic rings. The summed E-state index contributed by atoms with van der Waals surface area (Å²) < 4.78 is 0. The third kappa shape index (κ3) is 9.24. The van der Waals surface area contributed by atoms with Crippen molar-refractivity contribution in [2.45, 2.75) is 97.0 Å². The molecule has 1 aliphatic heterocycles. The SMILES string of the molecule is C#CCCCON(C(=O)[C@@H](N[N+](=O)[C@H]1CCCCN1C)[C@@H](C)CC)[C@H](C[C@@H](O)c1nc(C(=O)O)cs1)C(C)C. The van der Waals surface area contributed by atoms with E-state index in [1.165, 1.54) is 10.4 Å². The van der Waals surface area contributed by atoms with E-state index < -0.39 is 30.1 Å². The smallest absolute Gasteiger partial charge is 0.355 e. The second-order valence-electron chi connectivity index (χ2n) is 10.5. The zero-order valence-corrected chi connectivity index (χ0v) is 24.5. The number of piperidine rings is 1. The Morgan fingerprint density at radius 2 is 2.10 bits per heavy atom. The van der Waals surface area contributed by atoms with Crippen LogP contribution in [-0.2, 0) is 9.63 Å². The first-order valence-electron chi connectivity index (χ1n) is 13.7. The third-order valence-corrected chi connectivity index (χ3v) is 8.17. The Balaban J connectivity index is 2.33. The number of unbranched alkanes of at least 4 members (excludes halogenated alkanes) is 1. The molecule has 11 nitrogen and oxygen atoms in total. The molecule has 1 aromatic heterocycles. The van der Waals surface area contributed by atoms with Gasteiger partial charge in [-0.3, -0.25) is 9.63 Å². The monoisotopic (exact) mass is 566 g/mol. The number of nitroso groups, excluding NO2 is 1. The van der Waals surface area contributed by atoms with E-state index in [4.69, 9.17) is 11.3 Å². The number of hydrogen-bond donors (Lipinski definition) is 3. The molecule has 3 N–H and O–H groups in total. The highest BCUT2D eigenvalue weighted by Crippen LogP contribution is 2.29. The number of thiazole rings is 1. The molecule has 0 aliphatic carbocycles. The predicted octanol–water partition coefficient (Wildman–Crippen LogP) is 3.60. The Morgan fingerprint density at radius 1 is 1.38 bits per heavy atom. The first-order valence-corrected chi connectivity index (χ1v) is 14.6. The molecule has 1 aromatic rings. The van der Waals surface area contributed by atoms with Crippen molar-refractivity contribution >= 4 is 23.2 Å². The lowest BCUT2D eigenvalue weighted by atomic mass is 9.94. The number of hydrogen-bond acceptors (Lipinski definition) is 8. The molecule has 12 heteroatoms. The molecular formula is C27H44N5O6S+. The van der Waals surface area contributed by atoms with Gasteiger partial charge in [-0.25, -0.2) is 19.7 Å². The number of aromatic nitrogens is 1. The van der Waals surface area contributed by atoms with Gasteiger partial charge in [0.25, 0.3) is 12.1 Å². The number of aliphatic hydroxyl groups is 1. The van der Waals surface area contributed by atoms with Gasteiger partial charge in [0, 0.05) is 31.2 Å².